The normalized spacial score (nSPS) is 19.1. The maximum atomic E-state index is 13.6. The molecule has 2 heterocycles. The number of hydrogen-bond acceptors (Lipinski definition) is 4. The fraction of sp³-hybridized carbons (Fsp3) is 0.333. The van der Waals surface area contributed by atoms with Gasteiger partial charge in [-0.05, 0) is 36.6 Å². The Balaban J connectivity index is 1.28. The second-order valence-electron chi connectivity index (χ2n) is 9.77. The van der Waals surface area contributed by atoms with Gasteiger partial charge in [0.1, 0.15) is 0 Å². The van der Waals surface area contributed by atoms with E-state index >= 15 is 0 Å². The molecule has 5 rings (SSSR count). The van der Waals surface area contributed by atoms with E-state index in [1.165, 1.54) is 16.7 Å². The van der Waals surface area contributed by atoms with Crippen molar-refractivity contribution < 1.29 is 4.79 Å². The van der Waals surface area contributed by atoms with E-state index in [1.807, 2.05) is 18.2 Å². The molecule has 0 unspecified atom stereocenters. The van der Waals surface area contributed by atoms with Crippen molar-refractivity contribution in [1.82, 2.24) is 14.8 Å². The monoisotopic (exact) mass is 466 g/mol. The molecule has 180 valence electrons. The molecule has 5 heteroatoms. The molecule has 2 aliphatic rings. The molecule has 0 N–H and O–H groups in total. The SMILES string of the molecule is Cc1ccc(C)c(C2=NN(C(=O)CN3CCN(Cc4ccccc4)CC3)[C@@H](c3ccccc3)C2)c1. The van der Waals surface area contributed by atoms with E-state index in [0.29, 0.717) is 6.54 Å². The van der Waals surface area contributed by atoms with Gasteiger partial charge >= 0.3 is 0 Å². The highest BCUT2D eigenvalue weighted by atomic mass is 16.2. The van der Waals surface area contributed by atoms with Crippen LogP contribution in [0.15, 0.2) is 84.0 Å². The molecular formula is C30H34N4O. The number of piperazine rings is 1. The molecule has 0 spiro atoms. The summed E-state index contributed by atoms with van der Waals surface area (Å²) in [7, 11) is 0. The molecule has 0 bridgehead atoms. The summed E-state index contributed by atoms with van der Waals surface area (Å²) in [6.07, 6.45) is 0.741. The van der Waals surface area contributed by atoms with Crippen LogP contribution in [-0.4, -0.2) is 59.2 Å². The fourth-order valence-corrected chi connectivity index (χ4v) is 5.10. The lowest BCUT2D eigenvalue weighted by Gasteiger charge is -2.35. The van der Waals surface area contributed by atoms with E-state index in [4.69, 9.17) is 5.10 Å². The van der Waals surface area contributed by atoms with Crippen molar-refractivity contribution >= 4 is 11.6 Å². The first kappa shape index (κ1) is 23.5. The molecule has 0 radical (unpaired) electrons. The molecule has 1 fully saturated rings. The lowest BCUT2D eigenvalue weighted by atomic mass is 9.95. The predicted octanol–water partition coefficient (Wildman–Crippen LogP) is 4.80. The topological polar surface area (TPSA) is 39.2 Å². The second kappa shape index (κ2) is 10.5. The zero-order valence-electron chi connectivity index (χ0n) is 20.7. The van der Waals surface area contributed by atoms with Crippen LogP contribution < -0.4 is 0 Å². The van der Waals surface area contributed by atoms with Gasteiger partial charge in [0.25, 0.3) is 5.91 Å². The van der Waals surface area contributed by atoms with Gasteiger partial charge in [-0.2, -0.15) is 5.10 Å². The molecule has 2 aliphatic heterocycles. The van der Waals surface area contributed by atoms with Crippen molar-refractivity contribution in [3.8, 4) is 0 Å². The lowest BCUT2D eigenvalue weighted by Crippen LogP contribution is -2.49. The summed E-state index contributed by atoms with van der Waals surface area (Å²) in [4.78, 5) is 18.3. The average molecular weight is 467 g/mol. The quantitative estimate of drug-likeness (QED) is 0.524. The van der Waals surface area contributed by atoms with E-state index in [2.05, 4.69) is 84.3 Å². The van der Waals surface area contributed by atoms with Gasteiger partial charge in [-0.3, -0.25) is 14.6 Å². The smallest absolute Gasteiger partial charge is 0.257 e. The number of hydrogen-bond donors (Lipinski definition) is 0. The van der Waals surface area contributed by atoms with Gasteiger partial charge in [0, 0.05) is 44.7 Å². The number of carbonyl (C=O) groups is 1. The molecule has 5 nitrogen and oxygen atoms in total. The van der Waals surface area contributed by atoms with Gasteiger partial charge < -0.3 is 0 Å². The number of carbonyl (C=O) groups excluding carboxylic acids is 1. The summed E-state index contributed by atoms with van der Waals surface area (Å²) < 4.78 is 0. The summed E-state index contributed by atoms with van der Waals surface area (Å²) >= 11 is 0. The third kappa shape index (κ3) is 5.53. The highest BCUT2D eigenvalue weighted by Crippen LogP contribution is 2.33. The van der Waals surface area contributed by atoms with Crippen molar-refractivity contribution in [3.63, 3.8) is 0 Å². The molecule has 35 heavy (non-hydrogen) atoms. The van der Waals surface area contributed by atoms with Crippen LogP contribution >= 0.6 is 0 Å². The maximum Gasteiger partial charge on any atom is 0.257 e. The summed E-state index contributed by atoms with van der Waals surface area (Å²) in [5, 5.41) is 6.67. The minimum absolute atomic E-state index is 0.0574. The number of aryl methyl sites for hydroxylation is 2. The Morgan fingerprint density at radius 3 is 2.23 bits per heavy atom. The Morgan fingerprint density at radius 1 is 0.857 bits per heavy atom. The van der Waals surface area contributed by atoms with Gasteiger partial charge in [-0.1, -0.05) is 78.4 Å². The standard InChI is InChI=1S/C30H34N4O/c1-23-13-14-24(2)27(19-23)28-20-29(26-11-7-4-8-12-26)34(31-28)30(35)22-33-17-15-32(16-18-33)21-25-9-5-3-6-10-25/h3-14,19,29H,15-18,20-22H2,1-2H3/t29-/m1/s1. The molecule has 1 amide bonds. The fourth-order valence-electron chi connectivity index (χ4n) is 5.10. The molecular weight excluding hydrogens is 432 g/mol. The Labute approximate surface area is 208 Å². The van der Waals surface area contributed by atoms with E-state index < -0.39 is 0 Å². The summed E-state index contributed by atoms with van der Waals surface area (Å²) in [5.41, 5.74) is 7.04. The van der Waals surface area contributed by atoms with Crippen molar-refractivity contribution in [2.75, 3.05) is 32.7 Å². The zero-order valence-corrected chi connectivity index (χ0v) is 20.7. The van der Waals surface area contributed by atoms with Crippen molar-refractivity contribution in [3.05, 3.63) is 107 Å². The van der Waals surface area contributed by atoms with E-state index in [-0.39, 0.29) is 11.9 Å². The van der Waals surface area contributed by atoms with Crippen molar-refractivity contribution in [2.24, 2.45) is 5.10 Å². The molecule has 1 atom stereocenters. The van der Waals surface area contributed by atoms with Crippen LogP contribution in [0.3, 0.4) is 0 Å². The summed E-state index contributed by atoms with van der Waals surface area (Å²) in [5.74, 6) is 0.0793. The second-order valence-corrected chi connectivity index (χ2v) is 9.77. The van der Waals surface area contributed by atoms with E-state index in [0.717, 1.165) is 56.0 Å². The van der Waals surface area contributed by atoms with Crippen LogP contribution in [-0.2, 0) is 11.3 Å². The summed E-state index contributed by atoms with van der Waals surface area (Å²) in [6, 6.07) is 27.3. The third-order valence-corrected chi connectivity index (χ3v) is 7.13. The van der Waals surface area contributed by atoms with E-state index in [9.17, 15) is 4.79 Å². The molecule has 0 aromatic heterocycles. The minimum atomic E-state index is -0.0574. The Bertz CT molecular complexity index is 1180. The summed E-state index contributed by atoms with van der Waals surface area (Å²) in [6.45, 7) is 9.34. The Kier molecular flexibility index (Phi) is 7.07. The molecule has 3 aromatic rings. The van der Waals surface area contributed by atoms with Crippen LogP contribution in [0.5, 0.6) is 0 Å². The minimum Gasteiger partial charge on any atom is -0.297 e. The van der Waals surface area contributed by atoms with Crippen LogP contribution in [0.1, 0.15) is 40.3 Å². The van der Waals surface area contributed by atoms with Gasteiger partial charge in [-0.15, -0.1) is 0 Å². The predicted molar refractivity (Wildman–Crippen MR) is 141 cm³/mol. The first-order valence-electron chi connectivity index (χ1n) is 12.6. The number of benzene rings is 3. The van der Waals surface area contributed by atoms with Gasteiger partial charge in [0.2, 0.25) is 0 Å². The average Bonchev–Trinajstić information content (AvgIpc) is 3.33. The molecule has 0 saturated carbocycles. The molecule has 3 aromatic carbocycles. The highest BCUT2D eigenvalue weighted by Gasteiger charge is 2.34. The van der Waals surface area contributed by atoms with Crippen LogP contribution in [0.2, 0.25) is 0 Å². The first-order valence-corrected chi connectivity index (χ1v) is 12.6. The number of nitrogens with zero attached hydrogens (tertiary/aromatic N) is 4. The van der Waals surface area contributed by atoms with Crippen LogP contribution in [0.25, 0.3) is 0 Å². The number of hydrazone groups is 1. The van der Waals surface area contributed by atoms with Crippen molar-refractivity contribution in [1.29, 1.82) is 0 Å². The zero-order chi connectivity index (χ0) is 24.2. The first-order chi connectivity index (χ1) is 17.1. The van der Waals surface area contributed by atoms with Crippen LogP contribution in [0.4, 0.5) is 0 Å². The van der Waals surface area contributed by atoms with E-state index in [1.54, 1.807) is 5.01 Å². The van der Waals surface area contributed by atoms with Crippen molar-refractivity contribution in [2.45, 2.75) is 32.9 Å². The maximum absolute atomic E-state index is 13.6. The Morgan fingerprint density at radius 2 is 1.51 bits per heavy atom. The Hall–Kier alpha value is -3.28. The van der Waals surface area contributed by atoms with Gasteiger partial charge in [0.05, 0.1) is 18.3 Å². The molecule has 1 saturated heterocycles. The number of rotatable bonds is 6. The lowest BCUT2D eigenvalue weighted by molar-refractivity contribution is -0.134. The van der Waals surface area contributed by atoms with Crippen LogP contribution in [0, 0.1) is 13.8 Å². The third-order valence-electron chi connectivity index (χ3n) is 7.13. The largest absolute Gasteiger partial charge is 0.297 e. The highest BCUT2D eigenvalue weighted by molar-refractivity contribution is 6.04. The van der Waals surface area contributed by atoms with Gasteiger partial charge in [0.15, 0.2) is 0 Å². The number of amides is 1. The van der Waals surface area contributed by atoms with Gasteiger partial charge in [-0.25, -0.2) is 5.01 Å². The molecule has 0 aliphatic carbocycles.